The molecule has 0 saturated heterocycles. The van der Waals surface area contributed by atoms with Crippen LogP contribution in [0.25, 0.3) is 10.8 Å². The molecule has 0 atom stereocenters. The number of nitrogens with two attached hydrogens (primary N) is 2. The molecule has 0 bridgehead atoms. The summed E-state index contributed by atoms with van der Waals surface area (Å²) < 4.78 is 66.5. The lowest BCUT2D eigenvalue weighted by atomic mass is 10.1. The first-order chi connectivity index (χ1) is 13.8. The molecule has 0 amide bonds. The molecule has 5 N–H and O–H groups in total. The Morgan fingerprint density at radius 3 is 2.50 bits per heavy atom. The molecule has 30 heavy (non-hydrogen) atoms. The Morgan fingerprint density at radius 2 is 1.90 bits per heavy atom. The zero-order valence-electron chi connectivity index (χ0n) is 14.7. The van der Waals surface area contributed by atoms with Crippen molar-refractivity contribution < 1.29 is 35.9 Å². The number of nitrogens with one attached hydrogen (secondary N) is 1. The number of carbonyl (C=O) groups is 2. The van der Waals surface area contributed by atoms with Gasteiger partial charge in [-0.15, -0.1) is 0 Å². The number of alkyl halides is 3. The second kappa shape index (κ2) is 8.81. The van der Waals surface area contributed by atoms with Gasteiger partial charge in [0.05, 0.1) is 16.3 Å². The van der Waals surface area contributed by atoms with E-state index in [0.29, 0.717) is 5.39 Å². The van der Waals surface area contributed by atoms with E-state index in [1.807, 2.05) is 4.72 Å². The van der Waals surface area contributed by atoms with Crippen LogP contribution < -0.4 is 16.2 Å². The Balaban J connectivity index is 2.19. The Bertz CT molecular complexity index is 1130. The number of aliphatic imine (C=N–C) groups is 1. The lowest BCUT2D eigenvalue weighted by Crippen LogP contribution is -2.31. The number of pyridine rings is 1. The van der Waals surface area contributed by atoms with Crippen LogP contribution in [0, 0.1) is 0 Å². The number of ether oxygens (including phenoxy) is 1. The van der Waals surface area contributed by atoms with Crippen LogP contribution in [0.5, 0.6) is 0 Å². The summed E-state index contributed by atoms with van der Waals surface area (Å²) in [5, 5.41) is 0.808. The third-order valence-corrected chi connectivity index (χ3v) is 5.15. The van der Waals surface area contributed by atoms with Gasteiger partial charge in [-0.1, -0.05) is 17.7 Å². The molecule has 1 heterocycles. The van der Waals surface area contributed by atoms with E-state index in [0.717, 1.165) is 0 Å². The fourth-order valence-corrected chi connectivity index (χ4v) is 3.41. The van der Waals surface area contributed by atoms with Crippen LogP contribution in [0.1, 0.15) is 6.42 Å². The number of nitrogens with zero attached hydrogens (tertiary/aromatic N) is 2. The Morgan fingerprint density at radius 1 is 1.23 bits per heavy atom. The smallest absolute Gasteiger partial charge is 0.386 e. The summed E-state index contributed by atoms with van der Waals surface area (Å²) in [5.74, 6) is -4.57. The van der Waals surface area contributed by atoms with Gasteiger partial charge in [-0.2, -0.15) is 18.2 Å². The van der Waals surface area contributed by atoms with Crippen LogP contribution >= 0.6 is 11.6 Å². The minimum absolute atomic E-state index is 0.000640. The van der Waals surface area contributed by atoms with Crippen LogP contribution in [-0.4, -0.2) is 44.0 Å². The van der Waals surface area contributed by atoms with Gasteiger partial charge in [-0.05, 0) is 12.1 Å². The second-order valence-electron chi connectivity index (χ2n) is 5.58. The summed E-state index contributed by atoms with van der Waals surface area (Å²) in [6.45, 7) is -0.626. The van der Waals surface area contributed by atoms with E-state index >= 15 is 0 Å². The molecule has 0 saturated carbocycles. The highest BCUT2D eigenvalue weighted by molar-refractivity contribution is 7.89. The first-order valence-corrected chi connectivity index (χ1v) is 9.67. The van der Waals surface area contributed by atoms with Gasteiger partial charge in [-0.25, -0.2) is 22.9 Å². The molecule has 15 heteroatoms. The molecule has 10 nitrogen and oxygen atoms in total. The van der Waals surface area contributed by atoms with Crippen LogP contribution in [0.15, 0.2) is 34.3 Å². The van der Waals surface area contributed by atoms with Crippen molar-refractivity contribution in [2.24, 2.45) is 16.5 Å². The zero-order valence-corrected chi connectivity index (χ0v) is 16.3. The minimum Gasteiger partial charge on any atom is -0.386 e. The molecule has 0 spiro atoms. The number of halogens is 4. The lowest BCUT2D eigenvalue weighted by molar-refractivity contribution is -0.201. The van der Waals surface area contributed by atoms with E-state index in [-0.39, 0.29) is 27.1 Å². The van der Waals surface area contributed by atoms with Crippen molar-refractivity contribution >= 4 is 56.1 Å². The van der Waals surface area contributed by atoms with E-state index in [4.69, 9.17) is 23.1 Å². The van der Waals surface area contributed by atoms with Crippen molar-refractivity contribution in [1.29, 1.82) is 0 Å². The highest BCUT2D eigenvalue weighted by Crippen LogP contribution is 2.31. The molecule has 0 aliphatic heterocycles. The Kier molecular flexibility index (Phi) is 6.84. The number of hydrogen-bond donors (Lipinski definition) is 3. The first-order valence-electron chi connectivity index (χ1n) is 7.80. The minimum atomic E-state index is -5.34. The molecule has 0 radical (unpaired) electrons. The topological polar surface area (TPSA) is 167 Å². The van der Waals surface area contributed by atoms with Crippen LogP contribution in [-0.2, 0) is 24.3 Å². The molecule has 1 aromatic carbocycles. The quantitative estimate of drug-likeness (QED) is 0.245. The van der Waals surface area contributed by atoms with Gasteiger partial charge in [0.25, 0.3) is 0 Å². The standard InChI is InChI=1S/C15H13ClF3N5O5S/c16-10-6-22-12(24-14(20)21)9-5-7(1-2-8(9)10)30(27,28)23-4-3-11(25)29-13(26)15(17,18)19/h1-2,5-6,23H,3-4H2,(H4,20,21,22,24). The first kappa shape index (κ1) is 23.3. The maximum atomic E-state index is 12.4. The number of fused-ring (bicyclic) bond motifs is 1. The van der Waals surface area contributed by atoms with Crippen molar-refractivity contribution in [2.45, 2.75) is 17.5 Å². The molecule has 0 unspecified atom stereocenters. The van der Waals surface area contributed by atoms with Crippen LogP contribution in [0.2, 0.25) is 5.02 Å². The number of benzene rings is 1. The number of guanidine groups is 1. The number of esters is 2. The van der Waals surface area contributed by atoms with E-state index in [2.05, 4.69) is 14.7 Å². The number of aromatic nitrogens is 1. The van der Waals surface area contributed by atoms with E-state index < -0.39 is 41.1 Å². The third-order valence-electron chi connectivity index (χ3n) is 3.39. The largest absolute Gasteiger partial charge is 0.491 e. The summed E-state index contributed by atoms with van der Waals surface area (Å²) in [5.41, 5.74) is 10.6. The third kappa shape index (κ3) is 5.77. The maximum absolute atomic E-state index is 12.4. The van der Waals surface area contributed by atoms with Gasteiger partial charge in [-0.3, -0.25) is 4.79 Å². The highest BCUT2D eigenvalue weighted by Gasteiger charge is 2.42. The fraction of sp³-hybridized carbons (Fsp3) is 0.200. The Labute approximate surface area is 172 Å². The van der Waals surface area contributed by atoms with Crippen molar-refractivity contribution in [2.75, 3.05) is 6.54 Å². The van der Waals surface area contributed by atoms with Crippen molar-refractivity contribution in [3.63, 3.8) is 0 Å². The normalized spacial score (nSPS) is 11.9. The number of carbonyl (C=O) groups excluding carboxylic acids is 2. The number of hydrogen-bond acceptors (Lipinski definition) is 7. The summed E-state index contributed by atoms with van der Waals surface area (Å²) in [6.07, 6.45) is -4.89. The van der Waals surface area contributed by atoms with Crippen molar-refractivity contribution in [3.05, 3.63) is 29.4 Å². The van der Waals surface area contributed by atoms with Gasteiger partial charge < -0.3 is 16.2 Å². The van der Waals surface area contributed by atoms with Gasteiger partial charge in [0, 0.05) is 23.5 Å². The average molecular weight is 468 g/mol. The van der Waals surface area contributed by atoms with Gasteiger partial charge in [0.1, 0.15) is 0 Å². The van der Waals surface area contributed by atoms with Crippen molar-refractivity contribution in [3.8, 4) is 0 Å². The molecular weight excluding hydrogens is 455 g/mol. The van der Waals surface area contributed by atoms with Crippen LogP contribution in [0.4, 0.5) is 19.0 Å². The SMILES string of the molecule is NC(N)=Nc1ncc(Cl)c2ccc(S(=O)(=O)NCCC(=O)OC(=O)C(F)(F)F)cc12. The fourth-order valence-electron chi connectivity index (χ4n) is 2.14. The number of sulfonamides is 1. The molecule has 2 aromatic rings. The van der Waals surface area contributed by atoms with Gasteiger partial charge >= 0.3 is 18.1 Å². The monoisotopic (exact) mass is 467 g/mol. The Hall–Kier alpha value is -2.97. The number of rotatable bonds is 6. The van der Waals surface area contributed by atoms with Crippen molar-refractivity contribution in [1.82, 2.24) is 9.71 Å². The summed E-state index contributed by atoms with van der Waals surface area (Å²) in [6, 6.07) is 3.74. The van der Waals surface area contributed by atoms with E-state index in [9.17, 15) is 31.2 Å². The average Bonchev–Trinajstić information content (AvgIpc) is 2.62. The molecule has 0 fully saturated rings. The van der Waals surface area contributed by atoms with E-state index in [1.165, 1.54) is 24.4 Å². The van der Waals surface area contributed by atoms with E-state index in [1.54, 1.807) is 0 Å². The predicted molar refractivity (Wildman–Crippen MR) is 99.2 cm³/mol. The maximum Gasteiger partial charge on any atom is 0.491 e. The molecule has 2 rings (SSSR count). The molecule has 0 aliphatic rings. The molecule has 1 aromatic heterocycles. The zero-order chi connectivity index (χ0) is 22.7. The van der Waals surface area contributed by atoms with Gasteiger partial charge in [0.2, 0.25) is 10.0 Å². The highest BCUT2D eigenvalue weighted by atomic mass is 35.5. The predicted octanol–water partition coefficient (Wildman–Crippen LogP) is 1.09. The molecule has 0 aliphatic carbocycles. The summed E-state index contributed by atoms with van der Waals surface area (Å²) in [4.78, 5) is 29.2. The lowest BCUT2D eigenvalue weighted by Gasteiger charge is -2.10. The second-order valence-corrected chi connectivity index (χ2v) is 7.76. The van der Waals surface area contributed by atoms with Crippen LogP contribution in [0.3, 0.4) is 0 Å². The van der Waals surface area contributed by atoms with Gasteiger partial charge in [0.15, 0.2) is 11.8 Å². The summed E-state index contributed by atoms with van der Waals surface area (Å²) in [7, 11) is -4.21. The molecular formula is C15H13ClF3N5O5S. The molecule has 162 valence electrons. The summed E-state index contributed by atoms with van der Waals surface area (Å²) >= 11 is 6.03.